The molecule has 3 rings (SSSR count). The molecule has 0 amide bonds. The molecule has 0 aliphatic rings. The molecule has 3 aromatic rings. The van der Waals surface area contributed by atoms with Gasteiger partial charge in [0.1, 0.15) is 5.75 Å². The van der Waals surface area contributed by atoms with Crippen molar-refractivity contribution in [1.29, 1.82) is 0 Å². The predicted octanol–water partition coefficient (Wildman–Crippen LogP) is 3.25. The molecule has 0 bridgehead atoms. The van der Waals surface area contributed by atoms with Crippen molar-refractivity contribution in [3.63, 3.8) is 0 Å². The fourth-order valence-electron chi connectivity index (χ4n) is 2.46. The lowest BCUT2D eigenvalue weighted by molar-refractivity contribution is -0.255. The highest BCUT2D eigenvalue weighted by molar-refractivity contribution is 6.02. The van der Waals surface area contributed by atoms with E-state index in [1.165, 1.54) is 36.5 Å². The SMILES string of the molecule is O=C([O-])c1ccc(N/N=C\c2c(OC(F)F)ccc3ccccc23)cc1. The third-order valence-corrected chi connectivity index (χ3v) is 3.65. The molecule has 0 unspecified atom stereocenters. The van der Waals surface area contributed by atoms with Gasteiger partial charge in [0.05, 0.1) is 17.9 Å². The van der Waals surface area contributed by atoms with Crippen LogP contribution in [0.25, 0.3) is 10.8 Å². The Morgan fingerprint density at radius 3 is 2.50 bits per heavy atom. The van der Waals surface area contributed by atoms with Gasteiger partial charge < -0.3 is 14.6 Å². The summed E-state index contributed by atoms with van der Waals surface area (Å²) in [6.07, 6.45) is 1.38. The van der Waals surface area contributed by atoms with Gasteiger partial charge in [-0.1, -0.05) is 42.5 Å². The molecule has 5 nitrogen and oxygen atoms in total. The Labute approximate surface area is 147 Å². The maximum Gasteiger partial charge on any atom is 0.387 e. The van der Waals surface area contributed by atoms with E-state index >= 15 is 0 Å². The second kappa shape index (κ2) is 7.60. The van der Waals surface area contributed by atoms with Gasteiger partial charge in [0.25, 0.3) is 0 Å². The molecule has 0 saturated carbocycles. The summed E-state index contributed by atoms with van der Waals surface area (Å²) in [5.41, 5.74) is 3.70. The van der Waals surface area contributed by atoms with Crippen LogP contribution in [0.4, 0.5) is 14.5 Å². The fraction of sp³-hybridized carbons (Fsp3) is 0.0526. The van der Waals surface area contributed by atoms with Crippen molar-refractivity contribution >= 4 is 28.6 Å². The Morgan fingerprint density at radius 2 is 1.81 bits per heavy atom. The summed E-state index contributed by atoms with van der Waals surface area (Å²) >= 11 is 0. The Bertz CT molecular complexity index is 957. The molecule has 0 atom stereocenters. The van der Waals surface area contributed by atoms with E-state index in [1.54, 1.807) is 18.2 Å². The molecule has 0 saturated heterocycles. The van der Waals surface area contributed by atoms with Crippen LogP contribution in [-0.4, -0.2) is 18.8 Å². The molecule has 0 aliphatic heterocycles. The quantitative estimate of drug-likeness (QED) is 0.544. The van der Waals surface area contributed by atoms with Crippen LogP contribution in [0, 0.1) is 0 Å². The normalized spacial score (nSPS) is 11.2. The minimum Gasteiger partial charge on any atom is -0.545 e. The molecule has 1 N–H and O–H groups in total. The van der Waals surface area contributed by atoms with Gasteiger partial charge in [0.15, 0.2) is 0 Å². The molecular formula is C19H13F2N2O3-. The number of aromatic carboxylic acids is 1. The summed E-state index contributed by atoms with van der Waals surface area (Å²) < 4.78 is 29.9. The number of alkyl halides is 2. The molecule has 0 fully saturated rings. The molecular weight excluding hydrogens is 342 g/mol. The number of carboxylic acids is 1. The maximum absolute atomic E-state index is 12.7. The van der Waals surface area contributed by atoms with Crippen molar-refractivity contribution in [1.82, 2.24) is 0 Å². The number of hydrogen-bond donors (Lipinski definition) is 1. The van der Waals surface area contributed by atoms with Crippen LogP contribution in [0.5, 0.6) is 5.75 Å². The Kier molecular flexibility index (Phi) is 5.07. The molecule has 7 heteroatoms. The topological polar surface area (TPSA) is 73.8 Å². The highest BCUT2D eigenvalue weighted by Gasteiger charge is 2.11. The zero-order chi connectivity index (χ0) is 18.5. The van der Waals surface area contributed by atoms with Crippen LogP contribution in [0.1, 0.15) is 15.9 Å². The number of carboxylic acid groups (broad SMARTS) is 1. The van der Waals surface area contributed by atoms with Crippen LogP contribution in [0.3, 0.4) is 0 Å². The summed E-state index contributed by atoms with van der Waals surface area (Å²) in [6, 6.07) is 16.2. The van der Waals surface area contributed by atoms with E-state index in [9.17, 15) is 18.7 Å². The van der Waals surface area contributed by atoms with Crippen molar-refractivity contribution in [2.45, 2.75) is 6.61 Å². The van der Waals surface area contributed by atoms with Gasteiger partial charge in [-0.15, -0.1) is 0 Å². The van der Waals surface area contributed by atoms with Gasteiger partial charge in [-0.2, -0.15) is 13.9 Å². The zero-order valence-corrected chi connectivity index (χ0v) is 13.4. The van der Waals surface area contributed by atoms with Gasteiger partial charge in [-0.25, -0.2) is 0 Å². The lowest BCUT2D eigenvalue weighted by Gasteiger charge is -2.11. The van der Waals surface area contributed by atoms with Crippen LogP contribution < -0.4 is 15.3 Å². The largest absolute Gasteiger partial charge is 0.545 e. The van der Waals surface area contributed by atoms with Gasteiger partial charge in [-0.05, 0) is 34.5 Å². The second-order valence-corrected chi connectivity index (χ2v) is 5.31. The lowest BCUT2D eigenvalue weighted by Crippen LogP contribution is -2.21. The maximum atomic E-state index is 12.7. The Balaban J connectivity index is 1.88. The number of hydrogen-bond acceptors (Lipinski definition) is 5. The van der Waals surface area contributed by atoms with E-state index < -0.39 is 12.6 Å². The first-order chi connectivity index (χ1) is 12.5. The smallest absolute Gasteiger partial charge is 0.387 e. The van der Waals surface area contributed by atoms with Gasteiger partial charge >= 0.3 is 6.61 Å². The fourth-order valence-corrected chi connectivity index (χ4v) is 2.46. The average molecular weight is 355 g/mol. The minimum absolute atomic E-state index is 0.0107. The molecule has 0 aliphatic carbocycles. The standard InChI is InChI=1S/C19H14F2N2O3/c20-19(21)26-17-10-7-12-3-1-2-4-15(12)16(17)11-22-23-14-8-5-13(6-9-14)18(24)25/h1-11,19,23H,(H,24,25)/p-1/b22-11-. The Hall–Kier alpha value is -3.48. The number of hydrazone groups is 1. The van der Waals surface area contributed by atoms with E-state index in [1.807, 2.05) is 12.1 Å². The molecule has 0 spiro atoms. The monoisotopic (exact) mass is 355 g/mol. The number of nitrogens with zero attached hydrogens (tertiary/aromatic N) is 1. The molecule has 26 heavy (non-hydrogen) atoms. The second-order valence-electron chi connectivity index (χ2n) is 5.31. The number of ether oxygens (including phenoxy) is 1. The molecule has 3 aromatic carbocycles. The van der Waals surface area contributed by atoms with Crippen molar-refractivity contribution in [3.8, 4) is 5.75 Å². The predicted molar refractivity (Wildman–Crippen MR) is 92.6 cm³/mol. The number of fused-ring (bicyclic) bond motifs is 1. The molecule has 0 radical (unpaired) electrons. The number of carbonyl (C=O) groups excluding carboxylic acids is 1. The van der Waals surface area contributed by atoms with Crippen molar-refractivity contribution in [2.24, 2.45) is 5.10 Å². The van der Waals surface area contributed by atoms with Crippen LogP contribution in [-0.2, 0) is 0 Å². The van der Waals surface area contributed by atoms with Crippen molar-refractivity contribution < 1.29 is 23.4 Å². The van der Waals surface area contributed by atoms with Crippen molar-refractivity contribution in [3.05, 3.63) is 71.8 Å². The third kappa shape index (κ3) is 3.94. The van der Waals surface area contributed by atoms with Gasteiger partial charge in [0, 0.05) is 5.56 Å². The highest BCUT2D eigenvalue weighted by Crippen LogP contribution is 2.28. The average Bonchev–Trinajstić information content (AvgIpc) is 2.63. The zero-order valence-electron chi connectivity index (χ0n) is 13.4. The first-order valence-electron chi connectivity index (χ1n) is 7.61. The highest BCUT2D eigenvalue weighted by atomic mass is 19.3. The third-order valence-electron chi connectivity index (χ3n) is 3.65. The molecule has 0 heterocycles. The van der Waals surface area contributed by atoms with Crippen LogP contribution in [0.15, 0.2) is 65.8 Å². The number of benzene rings is 3. The summed E-state index contributed by atoms with van der Waals surface area (Å²) in [5.74, 6) is -1.26. The van der Waals surface area contributed by atoms with E-state index in [4.69, 9.17) is 0 Å². The molecule has 0 aromatic heterocycles. The van der Waals surface area contributed by atoms with Gasteiger partial charge in [-0.3, -0.25) is 5.43 Å². The first kappa shape index (κ1) is 17.3. The van der Waals surface area contributed by atoms with Gasteiger partial charge in [0.2, 0.25) is 0 Å². The number of halogens is 2. The van der Waals surface area contributed by atoms with E-state index in [0.717, 1.165) is 5.39 Å². The summed E-state index contributed by atoms with van der Waals surface area (Å²) in [5, 5.41) is 16.3. The summed E-state index contributed by atoms with van der Waals surface area (Å²) in [7, 11) is 0. The van der Waals surface area contributed by atoms with Crippen LogP contribution >= 0.6 is 0 Å². The van der Waals surface area contributed by atoms with E-state index in [2.05, 4.69) is 15.3 Å². The van der Waals surface area contributed by atoms with Crippen molar-refractivity contribution in [2.75, 3.05) is 5.43 Å². The Morgan fingerprint density at radius 1 is 1.08 bits per heavy atom. The number of rotatable bonds is 6. The lowest BCUT2D eigenvalue weighted by atomic mass is 10.0. The molecule has 132 valence electrons. The van der Waals surface area contributed by atoms with E-state index in [0.29, 0.717) is 16.6 Å². The first-order valence-corrected chi connectivity index (χ1v) is 7.61. The van der Waals surface area contributed by atoms with Crippen LogP contribution in [0.2, 0.25) is 0 Å². The summed E-state index contributed by atoms with van der Waals surface area (Å²) in [4.78, 5) is 10.7. The minimum atomic E-state index is -2.95. The number of anilines is 1. The summed E-state index contributed by atoms with van der Waals surface area (Å²) in [6.45, 7) is -2.95. The number of carbonyl (C=O) groups is 1. The van der Waals surface area contributed by atoms with E-state index in [-0.39, 0.29) is 11.3 Å². The number of nitrogens with one attached hydrogen (secondary N) is 1.